The Kier molecular flexibility index (Phi) is 8.37. The first-order valence-corrected chi connectivity index (χ1v) is 6.50. The van der Waals surface area contributed by atoms with Crippen molar-refractivity contribution in [3.63, 3.8) is 0 Å². The van der Waals surface area contributed by atoms with Gasteiger partial charge in [-0.05, 0) is 13.3 Å². The summed E-state index contributed by atoms with van der Waals surface area (Å²) in [6, 6.07) is 0. The van der Waals surface area contributed by atoms with Crippen LogP contribution in [-0.2, 0) is 14.3 Å². The van der Waals surface area contributed by atoms with E-state index in [1.165, 1.54) is 0 Å². The molecule has 0 aromatic rings. The number of amides is 2. The van der Waals surface area contributed by atoms with E-state index in [0.717, 1.165) is 6.42 Å². The van der Waals surface area contributed by atoms with E-state index in [-0.39, 0.29) is 11.8 Å². The largest absolute Gasteiger partial charge is 0.382 e. The molecule has 0 radical (unpaired) electrons. The van der Waals surface area contributed by atoms with Gasteiger partial charge in [0.1, 0.15) is 0 Å². The lowest BCUT2D eigenvalue weighted by Crippen LogP contribution is -2.37. The first kappa shape index (κ1) is 16.9. The molecule has 18 heavy (non-hydrogen) atoms. The van der Waals surface area contributed by atoms with Crippen molar-refractivity contribution >= 4 is 11.8 Å². The van der Waals surface area contributed by atoms with Crippen LogP contribution in [0, 0.1) is 5.41 Å². The monoisotopic (exact) mass is 258 g/mol. The summed E-state index contributed by atoms with van der Waals surface area (Å²) in [5, 5.41) is 5.52. The van der Waals surface area contributed by atoms with Crippen LogP contribution in [-0.4, -0.2) is 38.1 Å². The van der Waals surface area contributed by atoms with Crippen molar-refractivity contribution < 1.29 is 14.3 Å². The second-order valence-electron chi connectivity index (χ2n) is 5.16. The summed E-state index contributed by atoms with van der Waals surface area (Å²) in [7, 11) is 0. The Morgan fingerprint density at radius 1 is 1.11 bits per heavy atom. The van der Waals surface area contributed by atoms with Gasteiger partial charge in [-0.1, -0.05) is 20.8 Å². The van der Waals surface area contributed by atoms with Crippen molar-refractivity contribution in [2.75, 3.05) is 26.3 Å². The van der Waals surface area contributed by atoms with Gasteiger partial charge in [-0.2, -0.15) is 0 Å². The molecule has 0 heterocycles. The van der Waals surface area contributed by atoms with Gasteiger partial charge >= 0.3 is 0 Å². The second kappa shape index (κ2) is 8.91. The zero-order chi connectivity index (χ0) is 14.0. The summed E-state index contributed by atoms with van der Waals surface area (Å²) in [4.78, 5) is 22.9. The fourth-order valence-electron chi connectivity index (χ4n) is 1.19. The Balaban J connectivity index is 3.51. The van der Waals surface area contributed by atoms with Crippen molar-refractivity contribution in [3.8, 4) is 0 Å². The molecule has 2 amide bonds. The first-order chi connectivity index (χ1) is 8.38. The van der Waals surface area contributed by atoms with E-state index >= 15 is 0 Å². The van der Waals surface area contributed by atoms with Crippen molar-refractivity contribution in [3.05, 3.63) is 0 Å². The third-order valence-electron chi connectivity index (χ3n) is 2.31. The molecular weight excluding hydrogens is 232 g/mol. The van der Waals surface area contributed by atoms with Gasteiger partial charge in [0.2, 0.25) is 11.8 Å². The lowest BCUT2D eigenvalue weighted by Gasteiger charge is -2.17. The molecule has 0 spiro atoms. The highest BCUT2D eigenvalue weighted by Crippen LogP contribution is 2.11. The molecular formula is C13H26N2O3. The maximum Gasteiger partial charge on any atom is 0.225 e. The Morgan fingerprint density at radius 3 is 2.33 bits per heavy atom. The van der Waals surface area contributed by atoms with E-state index in [9.17, 15) is 9.59 Å². The molecule has 5 nitrogen and oxygen atoms in total. The SMILES string of the molecule is CCOCCCNC(=O)CCNC(=O)C(C)(C)C. The van der Waals surface area contributed by atoms with Crippen LogP contribution in [0.3, 0.4) is 0 Å². The highest BCUT2D eigenvalue weighted by atomic mass is 16.5. The summed E-state index contributed by atoms with van der Waals surface area (Å²) < 4.78 is 5.16. The third-order valence-corrected chi connectivity index (χ3v) is 2.31. The Bertz CT molecular complexity index is 259. The number of nitrogens with one attached hydrogen (secondary N) is 2. The number of ether oxygens (including phenoxy) is 1. The zero-order valence-electron chi connectivity index (χ0n) is 12.0. The van der Waals surface area contributed by atoms with Crippen molar-refractivity contribution in [1.29, 1.82) is 0 Å². The number of hydrogen-bond acceptors (Lipinski definition) is 3. The lowest BCUT2D eigenvalue weighted by atomic mass is 9.96. The molecule has 0 aliphatic carbocycles. The fraction of sp³-hybridized carbons (Fsp3) is 0.846. The number of carbonyl (C=O) groups is 2. The predicted molar refractivity (Wildman–Crippen MR) is 71.2 cm³/mol. The minimum absolute atomic E-state index is 0.0355. The van der Waals surface area contributed by atoms with Crippen LogP contribution in [0.4, 0.5) is 0 Å². The maximum absolute atomic E-state index is 11.5. The first-order valence-electron chi connectivity index (χ1n) is 6.50. The van der Waals surface area contributed by atoms with Crippen LogP contribution in [0.25, 0.3) is 0 Å². The molecule has 0 fully saturated rings. The zero-order valence-corrected chi connectivity index (χ0v) is 12.0. The van der Waals surface area contributed by atoms with Crippen molar-refractivity contribution in [2.45, 2.75) is 40.5 Å². The van der Waals surface area contributed by atoms with Gasteiger partial charge in [0.05, 0.1) is 0 Å². The van der Waals surface area contributed by atoms with Crippen LogP contribution < -0.4 is 10.6 Å². The number of hydrogen-bond donors (Lipinski definition) is 2. The summed E-state index contributed by atoms with van der Waals surface area (Å²) in [5.41, 5.74) is -0.409. The summed E-state index contributed by atoms with van der Waals surface area (Å²) >= 11 is 0. The van der Waals surface area contributed by atoms with Crippen molar-refractivity contribution in [1.82, 2.24) is 10.6 Å². The van der Waals surface area contributed by atoms with Crippen LogP contribution in [0.1, 0.15) is 40.5 Å². The molecule has 0 unspecified atom stereocenters. The molecule has 106 valence electrons. The molecule has 0 atom stereocenters. The van der Waals surface area contributed by atoms with E-state index in [1.807, 2.05) is 27.7 Å². The number of rotatable bonds is 8. The van der Waals surface area contributed by atoms with E-state index in [4.69, 9.17) is 4.74 Å². The van der Waals surface area contributed by atoms with Crippen LogP contribution in [0.2, 0.25) is 0 Å². The third kappa shape index (κ3) is 8.98. The van der Waals surface area contributed by atoms with Crippen LogP contribution in [0.5, 0.6) is 0 Å². The molecule has 0 aromatic heterocycles. The average molecular weight is 258 g/mol. The fourth-order valence-corrected chi connectivity index (χ4v) is 1.19. The number of carbonyl (C=O) groups excluding carboxylic acids is 2. The van der Waals surface area contributed by atoms with Gasteiger partial charge in [-0.25, -0.2) is 0 Å². The molecule has 5 heteroatoms. The van der Waals surface area contributed by atoms with E-state index in [2.05, 4.69) is 10.6 Å². The molecule has 0 bridgehead atoms. The van der Waals surface area contributed by atoms with Gasteiger partial charge in [0, 0.05) is 38.1 Å². The minimum Gasteiger partial charge on any atom is -0.382 e. The quantitative estimate of drug-likeness (QED) is 0.640. The Labute approximate surface area is 110 Å². The molecule has 2 N–H and O–H groups in total. The van der Waals surface area contributed by atoms with E-state index < -0.39 is 5.41 Å². The van der Waals surface area contributed by atoms with Crippen molar-refractivity contribution in [2.24, 2.45) is 5.41 Å². The second-order valence-corrected chi connectivity index (χ2v) is 5.16. The molecule has 0 rings (SSSR count). The Hall–Kier alpha value is -1.10. The Morgan fingerprint density at radius 2 is 1.78 bits per heavy atom. The molecule has 0 aliphatic heterocycles. The standard InChI is InChI=1S/C13H26N2O3/c1-5-18-10-6-8-14-11(16)7-9-15-12(17)13(2,3)4/h5-10H2,1-4H3,(H,14,16)(H,15,17). The highest BCUT2D eigenvalue weighted by molar-refractivity contribution is 5.82. The smallest absolute Gasteiger partial charge is 0.225 e. The van der Waals surface area contributed by atoms with Gasteiger partial charge in [-0.3, -0.25) is 9.59 Å². The summed E-state index contributed by atoms with van der Waals surface area (Å²) in [5.74, 6) is -0.0765. The molecule has 0 aromatic carbocycles. The van der Waals surface area contributed by atoms with Crippen LogP contribution >= 0.6 is 0 Å². The van der Waals surface area contributed by atoms with E-state index in [0.29, 0.717) is 32.7 Å². The minimum atomic E-state index is -0.409. The topological polar surface area (TPSA) is 67.4 Å². The van der Waals surface area contributed by atoms with E-state index in [1.54, 1.807) is 0 Å². The summed E-state index contributed by atoms with van der Waals surface area (Å²) in [6.45, 7) is 9.84. The molecule has 0 saturated carbocycles. The lowest BCUT2D eigenvalue weighted by molar-refractivity contribution is -0.128. The normalized spacial score (nSPS) is 11.1. The molecule has 0 saturated heterocycles. The average Bonchev–Trinajstić information content (AvgIpc) is 2.27. The van der Waals surface area contributed by atoms with Gasteiger partial charge < -0.3 is 15.4 Å². The van der Waals surface area contributed by atoms with Gasteiger partial charge in [0.15, 0.2) is 0 Å². The van der Waals surface area contributed by atoms with Gasteiger partial charge in [-0.15, -0.1) is 0 Å². The van der Waals surface area contributed by atoms with Crippen LogP contribution in [0.15, 0.2) is 0 Å². The summed E-state index contributed by atoms with van der Waals surface area (Å²) in [6.07, 6.45) is 1.13. The maximum atomic E-state index is 11.5. The highest BCUT2D eigenvalue weighted by Gasteiger charge is 2.20. The predicted octanol–water partition coefficient (Wildman–Crippen LogP) is 1.08. The van der Waals surface area contributed by atoms with Gasteiger partial charge in [0.25, 0.3) is 0 Å². The molecule has 0 aliphatic rings.